The maximum atomic E-state index is 12.1. The summed E-state index contributed by atoms with van der Waals surface area (Å²) in [6.07, 6.45) is 2.13. The van der Waals surface area contributed by atoms with Gasteiger partial charge in [0.1, 0.15) is 6.54 Å². The standard InChI is InChI=1S/C16H17ClN4O3/c17-11-2-1-3-13(8-11)20-6-4-12(9-20)18-15(23)10-21-7-5-14(22)19-16(21)24/h1-3,5,7-8,12H,4,6,9-10H2,(H,18,23)(H,19,22,24)/t12-/m1/s1. The van der Waals surface area contributed by atoms with Crippen LogP contribution < -0.4 is 21.5 Å². The Morgan fingerprint density at radius 1 is 1.33 bits per heavy atom. The molecule has 1 amide bonds. The number of aromatic nitrogens is 2. The number of carbonyl (C=O) groups is 1. The van der Waals surface area contributed by atoms with Gasteiger partial charge in [0.15, 0.2) is 0 Å². The summed E-state index contributed by atoms with van der Waals surface area (Å²) in [5.74, 6) is -0.262. The highest BCUT2D eigenvalue weighted by molar-refractivity contribution is 6.30. The lowest BCUT2D eigenvalue weighted by Gasteiger charge is -2.19. The van der Waals surface area contributed by atoms with Crippen LogP contribution in [-0.2, 0) is 11.3 Å². The van der Waals surface area contributed by atoms with Crippen LogP contribution in [0, 0.1) is 0 Å². The smallest absolute Gasteiger partial charge is 0.328 e. The Morgan fingerprint density at radius 3 is 2.92 bits per heavy atom. The zero-order valence-electron chi connectivity index (χ0n) is 12.9. The van der Waals surface area contributed by atoms with Crippen LogP contribution in [0.3, 0.4) is 0 Å². The molecule has 1 aromatic heterocycles. The molecule has 2 heterocycles. The molecule has 126 valence electrons. The summed E-state index contributed by atoms with van der Waals surface area (Å²) in [6, 6.07) is 8.82. The van der Waals surface area contributed by atoms with E-state index in [9.17, 15) is 14.4 Å². The molecule has 1 fully saturated rings. The lowest BCUT2D eigenvalue weighted by atomic mass is 10.2. The largest absolute Gasteiger partial charge is 0.369 e. The van der Waals surface area contributed by atoms with Crippen molar-refractivity contribution in [2.75, 3.05) is 18.0 Å². The van der Waals surface area contributed by atoms with Gasteiger partial charge in [0.2, 0.25) is 5.91 Å². The summed E-state index contributed by atoms with van der Waals surface area (Å²) in [4.78, 5) is 39.0. The van der Waals surface area contributed by atoms with Crippen LogP contribution in [0.25, 0.3) is 0 Å². The monoisotopic (exact) mass is 348 g/mol. The highest BCUT2D eigenvalue weighted by atomic mass is 35.5. The van der Waals surface area contributed by atoms with Crippen molar-refractivity contribution >= 4 is 23.2 Å². The van der Waals surface area contributed by atoms with E-state index in [1.165, 1.54) is 16.8 Å². The van der Waals surface area contributed by atoms with Crippen LogP contribution in [0.15, 0.2) is 46.1 Å². The predicted molar refractivity (Wildman–Crippen MR) is 91.5 cm³/mol. The lowest BCUT2D eigenvalue weighted by molar-refractivity contribution is -0.122. The van der Waals surface area contributed by atoms with Crippen molar-refractivity contribution in [2.24, 2.45) is 0 Å². The topological polar surface area (TPSA) is 87.2 Å². The van der Waals surface area contributed by atoms with Crippen LogP contribution in [0.1, 0.15) is 6.42 Å². The van der Waals surface area contributed by atoms with Crippen molar-refractivity contribution < 1.29 is 4.79 Å². The van der Waals surface area contributed by atoms with Crippen molar-refractivity contribution in [2.45, 2.75) is 19.0 Å². The highest BCUT2D eigenvalue weighted by Crippen LogP contribution is 2.23. The number of aromatic amines is 1. The molecule has 7 nitrogen and oxygen atoms in total. The quantitative estimate of drug-likeness (QED) is 0.846. The summed E-state index contributed by atoms with van der Waals surface area (Å²) in [6.45, 7) is 1.39. The van der Waals surface area contributed by atoms with E-state index < -0.39 is 11.2 Å². The number of anilines is 1. The second-order valence-corrected chi connectivity index (χ2v) is 6.15. The van der Waals surface area contributed by atoms with Gasteiger partial charge in [-0.1, -0.05) is 17.7 Å². The van der Waals surface area contributed by atoms with Crippen LogP contribution in [0.2, 0.25) is 5.02 Å². The first-order valence-electron chi connectivity index (χ1n) is 7.61. The average Bonchev–Trinajstić information content (AvgIpc) is 2.98. The molecule has 0 saturated carbocycles. The molecule has 0 bridgehead atoms. The number of benzene rings is 1. The van der Waals surface area contributed by atoms with Gasteiger partial charge < -0.3 is 10.2 Å². The third-order valence-corrected chi connectivity index (χ3v) is 4.17. The number of carbonyl (C=O) groups excluding carboxylic acids is 1. The average molecular weight is 349 g/mol. The van der Waals surface area contributed by atoms with Gasteiger partial charge in [0, 0.05) is 42.1 Å². The molecular formula is C16H17ClN4O3. The van der Waals surface area contributed by atoms with Crippen LogP contribution in [0.5, 0.6) is 0 Å². The van der Waals surface area contributed by atoms with Gasteiger partial charge >= 0.3 is 5.69 Å². The van der Waals surface area contributed by atoms with Crippen molar-refractivity contribution in [3.63, 3.8) is 0 Å². The molecule has 3 rings (SSSR count). The molecule has 1 aromatic carbocycles. The van der Waals surface area contributed by atoms with Gasteiger partial charge in [-0.05, 0) is 24.6 Å². The zero-order chi connectivity index (χ0) is 17.1. The van der Waals surface area contributed by atoms with Crippen molar-refractivity contribution in [3.05, 3.63) is 62.4 Å². The fourth-order valence-corrected chi connectivity index (χ4v) is 2.97. The zero-order valence-corrected chi connectivity index (χ0v) is 13.6. The van der Waals surface area contributed by atoms with E-state index in [4.69, 9.17) is 11.6 Å². The van der Waals surface area contributed by atoms with Crippen molar-refractivity contribution in [3.8, 4) is 0 Å². The van der Waals surface area contributed by atoms with Gasteiger partial charge in [-0.15, -0.1) is 0 Å². The number of nitrogens with one attached hydrogen (secondary N) is 2. The highest BCUT2D eigenvalue weighted by Gasteiger charge is 2.24. The fourth-order valence-electron chi connectivity index (χ4n) is 2.78. The Labute approximate surface area is 142 Å². The first kappa shape index (κ1) is 16.3. The second kappa shape index (κ2) is 6.92. The fraction of sp³-hybridized carbons (Fsp3) is 0.312. The van der Waals surface area contributed by atoms with Gasteiger partial charge in [0.25, 0.3) is 5.56 Å². The normalized spacial score (nSPS) is 17.0. The molecule has 8 heteroatoms. The Bertz CT molecular complexity index is 861. The molecule has 1 aliphatic rings. The Balaban J connectivity index is 1.58. The van der Waals surface area contributed by atoms with E-state index in [-0.39, 0.29) is 18.5 Å². The molecule has 0 unspecified atom stereocenters. The molecule has 24 heavy (non-hydrogen) atoms. The Kier molecular flexibility index (Phi) is 4.71. The van der Waals surface area contributed by atoms with Gasteiger partial charge in [-0.2, -0.15) is 0 Å². The van der Waals surface area contributed by atoms with E-state index in [0.717, 1.165) is 18.7 Å². The van der Waals surface area contributed by atoms with E-state index in [0.29, 0.717) is 11.6 Å². The number of amides is 1. The van der Waals surface area contributed by atoms with E-state index in [2.05, 4.69) is 15.2 Å². The summed E-state index contributed by atoms with van der Waals surface area (Å²) in [5.41, 5.74) is -0.0506. The van der Waals surface area contributed by atoms with Crippen LogP contribution in [0.4, 0.5) is 5.69 Å². The molecule has 0 radical (unpaired) electrons. The number of H-pyrrole nitrogens is 1. The summed E-state index contributed by atoms with van der Waals surface area (Å²) >= 11 is 6.01. The second-order valence-electron chi connectivity index (χ2n) is 5.72. The molecule has 1 atom stereocenters. The van der Waals surface area contributed by atoms with Gasteiger partial charge in [-0.3, -0.25) is 19.1 Å². The number of hydrogen-bond donors (Lipinski definition) is 2. The molecule has 2 aromatic rings. The SMILES string of the molecule is O=C(Cn1ccc(=O)[nH]c1=O)N[C@@H]1CCN(c2cccc(Cl)c2)C1. The Hall–Kier alpha value is -2.54. The third-order valence-electron chi connectivity index (χ3n) is 3.94. The number of rotatable bonds is 4. The van der Waals surface area contributed by atoms with E-state index in [1.807, 2.05) is 24.3 Å². The summed E-state index contributed by atoms with van der Waals surface area (Å²) < 4.78 is 1.17. The first-order valence-corrected chi connectivity index (χ1v) is 7.99. The molecule has 0 spiro atoms. The Morgan fingerprint density at radius 2 is 2.17 bits per heavy atom. The molecule has 1 aliphatic heterocycles. The van der Waals surface area contributed by atoms with E-state index in [1.54, 1.807) is 0 Å². The minimum Gasteiger partial charge on any atom is -0.369 e. The predicted octanol–water partition coefficient (Wildman–Crippen LogP) is 0.585. The molecule has 2 N–H and O–H groups in total. The minimum absolute atomic E-state index is 0.00921. The van der Waals surface area contributed by atoms with E-state index >= 15 is 0 Å². The molecule has 0 aliphatic carbocycles. The van der Waals surface area contributed by atoms with Crippen molar-refractivity contribution in [1.29, 1.82) is 0 Å². The number of hydrogen-bond acceptors (Lipinski definition) is 4. The number of nitrogens with zero attached hydrogens (tertiary/aromatic N) is 2. The summed E-state index contributed by atoms with van der Waals surface area (Å²) in [7, 11) is 0. The van der Waals surface area contributed by atoms with Gasteiger partial charge in [-0.25, -0.2) is 4.79 Å². The van der Waals surface area contributed by atoms with Crippen LogP contribution >= 0.6 is 11.6 Å². The third kappa shape index (κ3) is 3.86. The maximum Gasteiger partial charge on any atom is 0.328 e. The first-order chi connectivity index (χ1) is 11.5. The lowest BCUT2D eigenvalue weighted by Crippen LogP contribution is -2.41. The number of halogens is 1. The maximum absolute atomic E-state index is 12.1. The molecular weight excluding hydrogens is 332 g/mol. The van der Waals surface area contributed by atoms with Gasteiger partial charge in [0.05, 0.1) is 0 Å². The van der Waals surface area contributed by atoms with Crippen LogP contribution in [-0.4, -0.2) is 34.6 Å². The minimum atomic E-state index is -0.593. The van der Waals surface area contributed by atoms with Crippen molar-refractivity contribution in [1.82, 2.24) is 14.9 Å². The molecule has 1 saturated heterocycles. The summed E-state index contributed by atoms with van der Waals surface area (Å²) in [5, 5.41) is 3.60.